The highest BCUT2D eigenvalue weighted by Crippen LogP contribution is 2.44. The number of benzene rings is 5. The molecule has 2 aliphatic rings. The summed E-state index contributed by atoms with van der Waals surface area (Å²) in [6.45, 7) is 8.05. The fourth-order valence-corrected chi connectivity index (χ4v) is 9.39. The van der Waals surface area contributed by atoms with Gasteiger partial charge in [0.25, 0.3) is 10.1 Å². The van der Waals surface area contributed by atoms with Crippen LogP contribution in [-0.4, -0.2) is 104 Å². The number of nitrogens with one attached hydrogen (secondary N) is 3. The van der Waals surface area contributed by atoms with E-state index in [1.165, 1.54) is 36.1 Å². The molecule has 15 nitrogen and oxygen atoms in total. The highest BCUT2D eigenvalue weighted by Gasteiger charge is 2.33. The number of hydrogen-bond acceptors (Lipinski definition) is 10. The number of halogens is 2. The van der Waals surface area contributed by atoms with Crippen LogP contribution in [0, 0.1) is 18.7 Å². The molecule has 4 amide bonds. The lowest BCUT2D eigenvalue weighted by Gasteiger charge is -2.37. The van der Waals surface area contributed by atoms with Gasteiger partial charge in [-0.25, -0.2) is 14.0 Å². The summed E-state index contributed by atoms with van der Waals surface area (Å²) in [5, 5.41) is 7.73. The van der Waals surface area contributed by atoms with Gasteiger partial charge >= 0.3 is 12.2 Å². The summed E-state index contributed by atoms with van der Waals surface area (Å²) in [5.41, 5.74) is 5.89. The molecule has 1 heterocycles. The maximum Gasteiger partial charge on any atom is 0.411 e. The van der Waals surface area contributed by atoms with Gasteiger partial charge in [0.05, 0.1) is 0 Å². The summed E-state index contributed by atoms with van der Waals surface area (Å²) >= 11 is 6.60. The molecule has 68 heavy (non-hydrogen) atoms. The Morgan fingerprint density at radius 3 is 2.19 bits per heavy atom. The summed E-state index contributed by atoms with van der Waals surface area (Å²) in [4.78, 5) is 55.6. The van der Waals surface area contributed by atoms with Crippen LogP contribution in [0.5, 0.6) is 5.75 Å². The number of nitrogens with zero attached hydrogens (tertiary/aromatic N) is 2. The van der Waals surface area contributed by atoms with E-state index in [2.05, 4.69) is 16.0 Å². The molecule has 1 aliphatic carbocycles. The molecule has 4 N–H and O–H groups in total. The van der Waals surface area contributed by atoms with Crippen LogP contribution in [0.1, 0.15) is 48.9 Å². The Kier molecular flexibility index (Phi) is 15.7. The standard InChI is InChI=1S/C50H53ClFN5O10S/c1-30(2)46(55-49(60)66-29-43-40-14-7-5-12-38(40)39-13-6-8-15-41(39)43)48(59)53-32(4)47(58)54-36-18-17-34(44(25-36)68(62,63)64)28-67-50(61)57-21-20-56(27-45(57)51)22-23-65-37-19-16-31(3)42(26-37)33-10-9-11-35(52)24-33/h5-19,24-26,30,32,43,45-46H,20-23,27-29H2,1-4H3,(H,53,59)(H,54,58)(H,55,60)(H,62,63,64)/t32-,45?,46-/m0/s1. The molecule has 0 spiro atoms. The number of aryl methyl sites for hydroxylation is 1. The summed E-state index contributed by atoms with van der Waals surface area (Å²) < 4.78 is 66.0. The molecule has 1 aliphatic heterocycles. The largest absolute Gasteiger partial charge is 0.492 e. The number of alkyl halides is 1. The van der Waals surface area contributed by atoms with Crippen molar-refractivity contribution in [1.29, 1.82) is 0 Å². The number of amides is 4. The number of anilines is 1. The van der Waals surface area contributed by atoms with Crippen LogP contribution < -0.4 is 20.7 Å². The predicted molar refractivity (Wildman–Crippen MR) is 254 cm³/mol. The average molecular weight is 971 g/mol. The molecule has 3 atom stereocenters. The zero-order valence-electron chi connectivity index (χ0n) is 37.9. The zero-order chi connectivity index (χ0) is 48.7. The smallest absolute Gasteiger partial charge is 0.411 e. The number of alkyl carbamates (subject to hydrolysis) is 1. The van der Waals surface area contributed by atoms with Crippen molar-refractivity contribution >= 4 is 51.4 Å². The molecule has 0 aromatic heterocycles. The minimum Gasteiger partial charge on any atom is -0.492 e. The first-order valence-corrected chi connectivity index (χ1v) is 24.0. The van der Waals surface area contributed by atoms with E-state index in [1.54, 1.807) is 19.9 Å². The predicted octanol–water partition coefficient (Wildman–Crippen LogP) is 7.95. The maximum atomic E-state index is 13.9. The Hall–Kier alpha value is -6.53. The van der Waals surface area contributed by atoms with Crippen LogP contribution in [0.2, 0.25) is 0 Å². The lowest BCUT2D eigenvalue weighted by molar-refractivity contribution is -0.128. The van der Waals surface area contributed by atoms with Crippen molar-refractivity contribution in [2.75, 3.05) is 44.7 Å². The number of piperazine rings is 1. The first kappa shape index (κ1) is 49.4. The second-order valence-electron chi connectivity index (χ2n) is 17.0. The van der Waals surface area contributed by atoms with Gasteiger partial charge in [0.1, 0.15) is 53.9 Å². The van der Waals surface area contributed by atoms with Crippen LogP contribution in [0.4, 0.5) is 19.7 Å². The third kappa shape index (κ3) is 11.9. The fraction of sp³-hybridized carbons (Fsp3) is 0.320. The van der Waals surface area contributed by atoms with Crippen molar-refractivity contribution in [3.8, 4) is 28.0 Å². The monoisotopic (exact) mass is 969 g/mol. The number of rotatable bonds is 16. The molecule has 358 valence electrons. The molecule has 1 unspecified atom stereocenters. The van der Waals surface area contributed by atoms with Crippen molar-refractivity contribution < 1.29 is 50.7 Å². The van der Waals surface area contributed by atoms with Gasteiger partial charge in [-0.3, -0.25) is 23.9 Å². The quantitative estimate of drug-likeness (QED) is 0.0426. The van der Waals surface area contributed by atoms with Gasteiger partial charge in [-0.15, -0.1) is 0 Å². The number of ether oxygens (including phenoxy) is 3. The fourth-order valence-electron chi connectivity index (χ4n) is 8.29. The molecule has 0 saturated carbocycles. The minimum absolute atomic E-state index is 0.0358. The molecule has 18 heteroatoms. The van der Waals surface area contributed by atoms with Gasteiger partial charge in [-0.1, -0.05) is 98.2 Å². The van der Waals surface area contributed by atoms with E-state index < -0.39 is 69.1 Å². The number of carbonyl (C=O) groups is 4. The van der Waals surface area contributed by atoms with Gasteiger partial charge < -0.3 is 30.2 Å². The summed E-state index contributed by atoms with van der Waals surface area (Å²) in [7, 11) is -4.88. The Bertz CT molecular complexity index is 2750. The Morgan fingerprint density at radius 2 is 1.53 bits per heavy atom. The third-order valence-electron chi connectivity index (χ3n) is 11.9. The maximum absolute atomic E-state index is 13.9. The van der Waals surface area contributed by atoms with Gasteiger partial charge in [-0.05, 0) is 95.1 Å². The molecule has 0 radical (unpaired) electrons. The van der Waals surface area contributed by atoms with Gasteiger partial charge in [0, 0.05) is 43.3 Å². The van der Waals surface area contributed by atoms with Crippen LogP contribution in [0.25, 0.3) is 22.3 Å². The topological polar surface area (TPSA) is 193 Å². The second-order valence-corrected chi connectivity index (χ2v) is 18.9. The van der Waals surface area contributed by atoms with E-state index in [4.69, 9.17) is 25.8 Å². The van der Waals surface area contributed by atoms with Gasteiger partial charge in [-0.2, -0.15) is 8.42 Å². The van der Waals surface area contributed by atoms with E-state index in [0.29, 0.717) is 32.0 Å². The van der Waals surface area contributed by atoms with E-state index in [9.17, 15) is 36.5 Å². The van der Waals surface area contributed by atoms with E-state index in [1.807, 2.05) is 84.6 Å². The zero-order valence-corrected chi connectivity index (χ0v) is 39.5. The number of hydrogen-bond donors (Lipinski definition) is 4. The average Bonchev–Trinajstić information content (AvgIpc) is 3.62. The molecule has 5 aromatic carbocycles. The lowest BCUT2D eigenvalue weighted by Crippen LogP contribution is -2.53. The molecule has 5 aromatic rings. The van der Waals surface area contributed by atoms with Crippen molar-refractivity contribution in [3.63, 3.8) is 0 Å². The molecule has 0 bridgehead atoms. The van der Waals surface area contributed by atoms with Crippen LogP contribution in [0.3, 0.4) is 0 Å². The summed E-state index contributed by atoms with van der Waals surface area (Å²) in [6.07, 6.45) is -1.61. The Labute approximate surface area is 399 Å². The van der Waals surface area contributed by atoms with Crippen molar-refractivity contribution in [1.82, 2.24) is 20.4 Å². The van der Waals surface area contributed by atoms with E-state index in [-0.39, 0.29) is 36.1 Å². The molecule has 1 saturated heterocycles. The van der Waals surface area contributed by atoms with E-state index >= 15 is 0 Å². The highest BCUT2D eigenvalue weighted by molar-refractivity contribution is 7.85. The lowest BCUT2D eigenvalue weighted by atomic mass is 9.98. The Balaban J connectivity index is 0.872. The van der Waals surface area contributed by atoms with Crippen LogP contribution in [0.15, 0.2) is 114 Å². The number of fused-ring (bicyclic) bond motifs is 3. The van der Waals surface area contributed by atoms with Crippen molar-refractivity contribution in [2.24, 2.45) is 5.92 Å². The SMILES string of the molecule is Cc1ccc(OCCN2CCN(C(=O)OCc3ccc(NC(=O)[C@H](C)NC(=O)[C@@H](NC(=O)OCC4c5ccccc5-c5ccccc54)C(C)C)cc3S(=O)(=O)O)C(Cl)C2)cc1-c1cccc(F)c1. The summed E-state index contributed by atoms with van der Waals surface area (Å²) in [6, 6.07) is 29.2. The summed E-state index contributed by atoms with van der Waals surface area (Å²) in [5.74, 6) is -1.67. The van der Waals surface area contributed by atoms with Crippen LogP contribution in [-0.2, 0) is 35.8 Å². The van der Waals surface area contributed by atoms with Crippen molar-refractivity contribution in [3.05, 3.63) is 137 Å². The first-order valence-electron chi connectivity index (χ1n) is 22.1. The van der Waals surface area contributed by atoms with Crippen LogP contribution >= 0.6 is 11.6 Å². The van der Waals surface area contributed by atoms with E-state index in [0.717, 1.165) is 45.0 Å². The van der Waals surface area contributed by atoms with Crippen molar-refractivity contribution in [2.45, 2.75) is 62.7 Å². The highest BCUT2D eigenvalue weighted by atomic mass is 35.5. The first-order chi connectivity index (χ1) is 32.5. The molecule has 1 fully saturated rings. The Morgan fingerprint density at radius 1 is 0.824 bits per heavy atom. The molecular weight excluding hydrogens is 917 g/mol. The minimum atomic E-state index is -4.88. The second kappa shape index (κ2) is 21.6. The normalized spacial score (nSPS) is 15.7. The van der Waals surface area contributed by atoms with Gasteiger partial charge in [0.15, 0.2) is 0 Å². The van der Waals surface area contributed by atoms with Gasteiger partial charge in [0.2, 0.25) is 11.8 Å². The molecular formula is C50H53ClFN5O10S. The number of carbonyl (C=O) groups excluding carboxylic acids is 4. The molecule has 7 rings (SSSR count). The third-order valence-corrected chi connectivity index (χ3v) is 13.3.